The van der Waals surface area contributed by atoms with Gasteiger partial charge < -0.3 is 5.32 Å². The molecule has 0 bridgehead atoms. The van der Waals surface area contributed by atoms with E-state index in [1.807, 2.05) is 35.8 Å². The molecule has 0 aliphatic carbocycles. The van der Waals surface area contributed by atoms with Gasteiger partial charge in [0.2, 0.25) is 0 Å². The Kier molecular flexibility index (Phi) is 3.50. The molecule has 0 spiro atoms. The lowest BCUT2D eigenvalue weighted by Gasteiger charge is -2.04. The van der Waals surface area contributed by atoms with Crippen molar-refractivity contribution in [2.24, 2.45) is 0 Å². The van der Waals surface area contributed by atoms with Crippen molar-refractivity contribution in [3.05, 3.63) is 35.9 Å². The number of hydroxylamine groups is 1. The second-order valence-corrected chi connectivity index (χ2v) is 2.69. The zero-order chi connectivity index (χ0) is 8.81. The standard InChI is InChI=1S/C8H10N2OS/c11-10-8(12)9-6-7-4-2-1-3-5-7/h1-5,11H,6H2,(H2,9,10,12). The summed E-state index contributed by atoms with van der Waals surface area (Å²) in [5.41, 5.74) is 2.98. The van der Waals surface area contributed by atoms with Gasteiger partial charge in [-0.2, -0.15) is 0 Å². The van der Waals surface area contributed by atoms with E-state index in [4.69, 9.17) is 5.21 Å². The molecular formula is C8H10N2OS. The van der Waals surface area contributed by atoms with Gasteiger partial charge in [0.15, 0.2) is 5.11 Å². The highest BCUT2D eigenvalue weighted by atomic mass is 32.1. The molecule has 0 aliphatic heterocycles. The van der Waals surface area contributed by atoms with E-state index >= 15 is 0 Å². The molecule has 4 heteroatoms. The van der Waals surface area contributed by atoms with E-state index in [0.717, 1.165) is 5.56 Å². The molecule has 0 saturated heterocycles. The highest BCUT2D eigenvalue weighted by molar-refractivity contribution is 7.80. The Morgan fingerprint density at radius 3 is 2.58 bits per heavy atom. The molecule has 1 rings (SSSR count). The molecule has 0 aromatic heterocycles. The van der Waals surface area contributed by atoms with Crippen molar-refractivity contribution in [3.8, 4) is 0 Å². The van der Waals surface area contributed by atoms with Crippen LogP contribution in [0.2, 0.25) is 0 Å². The maximum atomic E-state index is 8.36. The molecule has 1 aromatic carbocycles. The minimum absolute atomic E-state index is 0.235. The van der Waals surface area contributed by atoms with Gasteiger partial charge in [-0.3, -0.25) is 5.21 Å². The van der Waals surface area contributed by atoms with Gasteiger partial charge in [-0.25, -0.2) is 5.48 Å². The van der Waals surface area contributed by atoms with Gasteiger partial charge in [-0.15, -0.1) is 0 Å². The molecule has 0 saturated carbocycles. The number of benzene rings is 1. The lowest BCUT2D eigenvalue weighted by molar-refractivity contribution is 0.232. The van der Waals surface area contributed by atoms with E-state index in [2.05, 4.69) is 17.5 Å². The SMILES string of the molecule is ONC(=S)NCc1ccccc1. The largest absolute Gasteiger partial charge is 0.357 e. The first kappa shape index (κ1) is 8.96. The molecular weight excluding hydrogens is 172 g/mol. The molecule has 12 heavy (non-hydrogen) atoms. The van der Waals surface area contributed by atoms with Gasteiger partial charge in [-0.05, 0) is 17.8 Å². The Labute approximate surface area is 76.4 Å². The smallest absolute Gasteiger partial charge is 0.190 e. The highest BCUT2D eigenvalue weighted by Crippen LogP contribution is 1.96. The van der Waals surface area contributed by atoms with Gasteiger partial charge >= 0.3 is 0 Å². The Morgan fingerprint density at radius 1 is 1.33 bits per heavy atom. The van der Waals surface area contributed by atoms with E-state index in [-0.39, 0.29) is 5.11 Å². The quantitative estimate of drug-likeness (QED) is 0.472. The van der Waals surface area contributed by atoms with Gasteiger partial charge in [0.05, 0.1) is 0 Å². The molecule has 0 atom stereocenters. The van der Waals surface area contributed by atoms with Crippen LogP contribution in [-0.4, -0.2) is 10.3 Å². The third kappa shape index (κ3) is 2.86. The van der Waals surface area contributed by atoms with Crippen molar-refractivity contribution in [2.75, 3.05) is 0 Å². The topological polar surface area (TPSA) is 44.3 Å². The maximum Gasteiger partial charge on any atom is 0.190 e. The van der Waals surface area contributed by atoms with Crippen LogP contribution in [0.1, 0.15) is 5.56 Å². The van der Waals surface area contributed by atoms with Crippen molar-refractivity contribution in [1.29, 1.82) is 0 Å². The number of hydrogen-bond acceptors (Lipinski definition) is 2. The highest BCUT2D eigenvalue weighted by Gasteiger charge is 1.92. The third-order valence-corrected chi connectivity index (χ3v) is 1.63. The van der Waals surface area contributed by atoms with Crippen LogP contribution in [0, 0.1) is 0 Å². The average Bonchev–Trinajstić information content (AvgIpc) is 2.16. The van der Waals surface area contributed by atoms with E-state index in [9.17, 15) is 0 Å². The summed E-state index contributed by atoms with van der Waals surface area (Å²) in [5, 5.41) is 11.4. The monoisotopic (exact) mass is 182 g/mol. The number of thiocarbonyl (C=S) groups is 1. The predicted octanol–water partition coefficient (Wildman–Crippen LogP) is 1.04. The van der Waals surface area contributed by atoms with Crippen molar-refractivity contribution in [3.63, 3.8) is 0 Å². The number of hydrogen-bond donors (Lipinski definition) is 3. The third-order valence-electron chi connectivity index (χ3n) is 1.40. The Bertz CT molecular complexity index is 250. The van der Waals surface area contributed by atoms with Gasteiger partial charge in [-0.1, -0.05) is 30.3 Å². The van der Waals surface area contributed by atoms with Crippen LogP contribution in [0.15, 0.2) is 30.3 Å². The van der Waals surface area contributed by atoms with Crippen molar-refractivity contribution in [2.45, 2.75) is 6.54 Å². The van der Waals surface area contributed by atoms with Gasteiger partial charge in [0, 0.05) is 6.54 Å². The summed E-state index contributed by atoms with van der Waals surface area (Å²) in [4.78, 5) is 0. The zero-order valence-electron chi connectivity index (χ0n) is 6.45. The van der Waals surface area contributed by atoms with Crippen LogP contribution in [-0.2, 0) is 6.54 Å². The molecule has 0 heterocycles. The van der Waals surface area contributed by atoms with Gasteiger partial charge in [0.1, 0.15) is 0 Å². The molecule has 0 radical (unpaired) electrons. The molecule has 0 aliphatic rings. The van der Waals surface area contributed by atoms with Crippen LogP contribution in [0.5, 0.6) is 0 Å². The van der Waals surface area contributed by atoms with Crippen LogP contribution in [0.25, 0.3) is 0 Å². The lowest BCUT2D eigenvalue weighted by atomic mass is 10.2. The van der Waals surface area contributed by atoms with E-state index < -0.39 is 0 Å². The summed E-state index contributed by atoms with van der Waals surface area (Å²) < 4.78 is 0. The second kappa shape index (κ2) is 4.69. The lowest BCUT2D eigenvalue weighted by Crippen LogP contribution is -2.32. The molecule has 3 N–H and O–H groups in total. The molecule has 0 fully saturated rings. The fourth-order valence-corrected chi connectivity index (χ4v) is 0.890. The summed E-state index contributed by atoms with van der Waals surface area (Å²) in [6.45, 7) is 0.618. The van der Waals surface area contributed by atoms with Crippen LogP contribution in [0.4, 0.5) is 0 Å². The molecule has 64 valence electrons. The Balaban J connectivity index is 2.38. The first-order chi connectivity index (χ1) is 5.83. The maximum absolute atomic E-state index is 8.36. The molecule has 0 amide bonds. The minimum atomic E-state index is 0.235. The van der Waals surface area contributed by atoms with E-state index in [0.29, 0.717) is 6.54 Å². The zero-order valence-corrected chi connectivity index (χ0v) is 7.27. The normalized spacial score (nSPS) is 9.08. The molecule has 1 aromatic rings. The van der Waals surface area contributed by atoms with Gasteiger partial charge in [0.25, 0.3) is 0 Å². The Hall–Kier alpha value is -1.13. The van der Waals surface area contributed by atoms with Crippen LogP contribution in [0.3, 0.4) is 0 Å². The van der Waals surface area contributed by atoms with Crippen LogP contribution >= 0.6 is 12.2 Å². The Morgan fingerprint density at radius 2 is 2.00 bits per heavy atom. The summed E-state index contributed by atoms with van der Waals surface area (Å²) >= 11 is 4.68. The minimum Gasteiger partial charge on any atom is -0.357 e. The fraction of sp³-hybridized carbons (Fsp3) is 0.125. The summed E-state index contributed by atoms with van der Waals surface area (Å²) in [7, 11) is 0. The average molecular weight is 182 g/mol. The first-order valence-corrected chi connectivity index (χ1v) is 3.95. The first-order valence-electron chi connectivity index (χ1n) is 3.55. The van der Waals surface area contributed by atoms with Crippen molar-refractivity contribution < 1.29 is 5.21 Å². The van der Waals surface area contributed by atoms with E-state index in [1.165, 1.54) is 0 Å². The van der Waals surface area contributed by atoms with Crippen molar-refractivity contribution in [1.82, 2.24) is 10.8 Å². The van der Waals surface area contributed by atoms with Crippen molar-refractivity contribution >= 4 is 17.3 Å². The van der Waals surface area contributed by atoms with Crippen LogP contribution < -0.4 is 10.8 Å². The summed E-state index contributed by atoms with van der Waals surface area (Å²) in [6.07, 6.45) is 0. The predicted molar refractivity (Wildman–Crippen MR) is 50.8 cm³/mol. The molecule has 0 unspecified atom stereocenters. The van der Waals surface area contributed by atoms with E-state index in [1.54, 1.807) is 0 Å². The fourth-order valence-electron chi connectivity index (χ4n) is 0.818. The number of rotatable bonds is 2. The second-order valence-electron chi connectivity index (χ2n) is 2.28. The summed E-state index contributed by atoms with van der Waals surface area (Å²) in [5.74, 6) is 0. The molecule has 3 nitrogen and oxygen atoms in total. The summed E-state index contributed by atoms with van der Waals surface area (Å²) in [6, 6.07) is 9.81. The number of nitrogens with one attached hydrogen (secondary N) is 2.